The fraction of sp³-hybridized carbons (Fsp3) is 0.167. The Morgan fingerprint density at radius 1 is 0.963 bits per heavy atom. The maximum absolute atomic E-state index is 12.7. The Kier molecular flexibility index (Phi) is 4.83. The van der Waals surface area contributed by atoms with Crippen molar-refractivity contribution in [3.05, 3.63) is 60.1 Å². The van der Waals surface area contributed by atoms with E-state index in [0.717, 1.165) is 11.8 Å². The highest BCUT2D eigenvalue weighted by Gasteiger charge is 2.20. The topological polar surface area (TPSA) is 106 Å². The summed E-state index contributed by atoms with van der Waals surface area (Å²) in [6, 6.07) is 10.6. The maximum atomic E-state index is 12.7. The summed E-state index contributed by atoms with van der Waals surface area (Å²) >= 11 is 0. The number of nitrogens with one attached hydrogen (secondary N) is 1. The molecule has 1 aromatic heterocycles. The number of aromatic nitrogens is 1. The minimum atomic E-state index is -3.95. The van der Waals surface area contributed by atoms with Crippen LogP contribution in [0.15, 0.2) is 62.9 Å². The quantitative estimate of drug-likeness (QED) is 0.697. The molecule has 3 rings (SSSR count). The summed E-state index contributed by atoms with van der Waals surface area (Å²) < 4.78 is 56.8. The van der Waals surface area contributed by atoms with Crippen molar-refractivity contribution in [2.45, 2.75) is 23.6 Å². The summed E-state index contributed by atoms with van der Waals surface area (Å²) in [6.07, 6.45) is 2.62. The van der Waals surface area contributed by atoms with Crippen molar-refractivity contribution < 1.29 is 21.3 Å². The zero-order valence-corrected chi connectivity index (χ0v) is 16.6. The van der Waals surface area contributed by atoms with Crippen molar-refractivity contribution >= 4 is 25.5 Å². The van der Waals surface area contributed by atoms with Crippen molar-refractivity contribution in [1.82, 2.24) is 4.98 Å². The van der Waals surface area contributed by atoms with Gasteiger partial charge in [0.15, 0.2) is 21.5 Å². The molecular formula is C18H18N2O5S2. The van der Waals surface area contributed by atoms with Crippen LogP contribution in [-0.2, 0) is 19.9 Å². The lowest BCUT2D eigenvalue weighted by atomic mass is 10.2. The Hall–Kier alpha value is -2.65. The van der Waals surface area contributed by atoms with Gasteiger partial charge >= 0.3 is 0 Å². The smallest absolute Gasteiger partial charge is 0.262 e. The molecule has 0 aliphatic carbocycles. The monoisotopic (exact) mass is 406 g/mol. The van der Waals surface area contributed by atoms with Crippen LogP contribution in [0.5, 0.6) is 0 Å². The number of anilines is 1. The predicted octanol–water partition coefficient (Wildman–Crippen LogP) is 3.16. The van der Waals surface area contributed by atoms with Gasteiger partial charge in [0.2, 0.25) is 0 Å². The first-order valence-electron chi connectivity index (χ1n) is 7.93. The first-order valence-corrected chi connectivity index (χ1v) is 11.3. The third kappa shape index (κ3) is 4.20. The van der Waals surface area contributed by atoms with Gasteiger partial charge in [-0.15, -0.1) is 0 Å². The molecule has 3 aromatic rings. The number of nitrogens with zero attached hydrogens (tertiary/aromatic N) is 1. The summed E-state index contributed by atoms with van der Waals surface area (Å²) in [5.41, 5.74) is 1.55. The molecule has 0 spiro atoms. The number of sulfone groups is 1. The number of oxazole rings is 1. The standard InChI is InChI=1S/C18H18N2O5S2/c1-12-4-9-16(26(3,21)22)10-18(12)27(23,24)20-15-7-5-14(6-8-15)17-11-19-13(2)25-17/h4-11,20H,1-3H3. The van der Waals surface area contributed by atoms with Gasteiger partial charge in [-0.2, -0.15) is 0 Å². The van der Waals surface area contributed by atoms with Crippen molar-refractivity contribution in [2.24, 2.45) is 0 Å². The number of hydrogen-bond donors (Lipinski definition) is 1. The molecular weight excluding hydrogens is 388 g/mol. The third-order valence-electron chi connectivity index (χ3n) is 3.92. The van der Waals surface area contributed by atoms with E-state index in [1.165, 1.54) is 18.2 Å². The second-order valence-corrected chi connectivity index (χ2v) is 9.79. The van der Waals surface area contributed by atoms with E-state index in [9.17, 15) is 16.8 Å². The highest BCUT2D eigenvalue weighted by molar-refractivity contribution is 7.93. The molecule has 0 bridgehead atoms. The van der Waals surface area contributed by atoms with Crippen LogP contribution in [0.25, 0.3) is 11.3 Å². The molecule has 0 saturated carbocycles. The minimum absolute atomic E-state index is 0.0514. The SMILES string of the molecule is Cc1ncc(-c2ccc(NS(=O)(=O)c3cc(S(C)(=O)=O)ccc3C)cc2)o1. The average Bonchev–Trinajstić information content (AvgIpc) is 3.01. The number of rotatable bonds is 5. The molecule has 0 unspecified atom stereocenters. The predicted molar refractivity (Wildman–Crippen MR) is 102 cm³/mol. The number of hydrogen-bond acceptors (Lipinski definition) is 6. The molecule has 27 heavy (non-hydrogen) atoms. The van der Waals surface area contributed by atoms with Gasteiger partial charge in [-0.1, -0.05) is 6.07 Å². The van der Waals surface area contributed by atoms with E-state index in [1.54, 1.807) is 44.3 Å². The summed E-state index contributed by atoms with van der Waals surface area (Å²) in [6.45, 7) is 3.34. The van der Waals surface area contributed by atoms with Crippen molar-refractivity contribution in [3.63, 3.8) is 0 Å². The van der Waals surface area contributed by atoms with E-state index in [-0.39, 0.29) is 9.79 Å². The third-order valence-corrected chi connectivity index (χ3v) is 6.55. The van der Waals surface area contributed by atoms with Crippen molar-refractivity contribution in [2.75, 3.05) is 11.0 Å². The molecule has 0 saturated heterocycles. The van der Waals surface area contributed by atoms with Crippen molar-refractivity contribution in [3.8, 4) is 11.3 Å². The molecule has 0 aliphatic rings. The first-order chi connectivity index (χ1) is 12.6. The van der Waals surface area contributed by atoms with Crippen LogP contribution in [0.4, 0.5) is 5.69 Å². The molecule has 0 atom stereocenters. The van der Waals surface area contributed by atoms with Crippen LogP contribution in [0, 0.1) is 13.8 Å². The first kappa shape index (κ1) is 19.1. The van der Waals surface area contributed by atoms with E-state index in [2.05, 4.69) is 9.71 Å². The van der Waals surface area contributed by atoms with Crippen LogP contribution in [0.2, 0.25) is 0 Å². The van der Waals surface area contributed by atoms with Crippen LogP contribution >= 0.6 is 0 Å². The molecule has 0 aliphatic heterocycles. The average molecular weight is 406 g/mol. The molecule has 7 nitrogen and oxygen atoms in total. The second kappa shape index (κ2) is 6.82. The molecule has 2 aromatic carbocycles. The second-order valence-electron chi connectivity index (χ2n) is 6.13. The van der Waals surface area contributed by atoms with Crippen molar-refractivity contribution in [1.29, 1.82) is 0 Å². The Morgan fingerprint density at radius 2 is 1.63 bits per heavy atom. The van der Waals surface area contributed by atoms with Gasteiger partial charge in [0.05, 0.1) is 16.0 Å². The van der Waals surface area contributed by atoms with Gasteiger partial charge in [-0.25, -0.2) is 21.8 Å². The lowest BCUT2D eigenvalue weighted by molar-refractivity contribution is 0.534. The molecule has 0 radical (unpaired) electrons. The van der Waals surface area contributed by atoms with Crippen LogP contribution in [0.1, 0.15) is 11.5 Å². The maximum Gasteiger partial charge on any atom is 0.262 e. The minimum Gasteiger partial charge on any atom is -0.441 e. The molecule has 0 fully saturated rings. The number of sulfonamides is 1. The highest BCUT2D eigenvalue weighted by Crippen LogP contribution is 2.25. The normalized spacial score (nSPS) is 12.1. The Bertz CT molecular complexity index is 1190. The van der Waals surface area contributed by atoms with Crippen LogP contribution < -0.4 is 4.72 Å². The lowest BCUT2D eigenvalue weighted by Crippen LogP contribution is -2.15. The summed E-state index contributed by atoms with van der Waals surface area (Å²) in [4.78, 5) is 3.89. The van der Waals surface area contributed by atoms with Crippen LogP contribution in [-0.4, -0.2) is 28.1 Å². The van der Waals surface area contributed by atoms with E-state index >= 15 is 0 Å². The Labute approximate surface area is 158 Å². The summed E-state index contributed by atoms with van der Waals surface area (Å²) in [5.74, 6) is 1.12. The van der Waals surface area contributed by atoms with E-state index < -0.39 is 19.9 Å². The molecule has 142 valence electrons. The van der Waals surface area contributed by atoms with Gasteiger partial charge in [-0.3, -0.25) is 4.72 Å². The largest absolute Gasteiger partial charge is 0.441 e. The van der Waals surface area contributed by atoms with E-state index in [1.807, 2.05) is 0 Å². The fourth-order valence-corrected chi connectivity index (χ4v) is 4.56. The molecule has 0 amide bonds. The van der Waals surface area contributed by atoms with Crippen LogP contribution in [0.3, 0.4) is 0 Å². The summed E-state index contributed by atoms with van der Waals surface area (Å²) in [5, 5.41) is 0. The number of benzene rings is 2. The van der Waals surface area contributed by atoms with E-state index in [4.69, 9.17) is 4.42 Å². The lowest BCUT2D eigenvalue weighted by Gasteiger charge is -2.12. The van der Waals surface area contributed by atoms with Gasteiger partial charge in [0, 0.05) is 24.4 Å². The van der Waals surface area contributed by atoms with E-state index in [0.29, 0.717) is 22.9 Å². The zero-order valence-electron chi connectivity index (χ0n) is 14.9. The summed E-state index contributed by atoms with van der Waals surface area (Å²) in [7, 11) is -7.47. The Balaban J connectivity index is 1.91. The van der Waals surface area contributed by atoms with Gasteiger partial charge in [0.25, 0.3) is 10.0 Å². The molecule has 1 heterocycles. The molecule has 1 N–H and O–H groups in total. The van der Waals surface area contributed by atoms with Gasteiger partial charge in [-0.05, 0) is 48.9 Å². The zero-order chi connectivity index (χ0) is 19.8. The fourth-order valence-electron chi connectivity index (χ4n) is 2.51. The van der Waals surface area contributed by atoms with Gasteiger partial charge < -0.3 is 4.42 Å². The molecule has 9 heteroatoms. The highest BCUT2D eigenvalue weighted by atomic mass is 32.2. The van der Waals surface area contributed by atoms with Gasteiger partial charge in [0.1, 0.15) is 0 Å². The number of aryl methyl sites for hydroxylation is 2. The Morgan fingerprint density at radius 3 is 2.19 bits per heavy atom.